The number of halogens is 1. The maximum absolute atomic E-state index is 6.16. The van der Waals surface area contributed by atoms with E-state index in [2.05, 4.69) is 39.1 Å². The summed E-state index contributed by atoms with van der Waals surface area (Å²) in [7, 11) is 0. The van der Waals surface area contributed by atoms with Gasteiger partial charge >= 0.3 is 0 Å². The number of nitrogens with one attached hydrogen (secondary N) is 1. The van der Waals surface area contributed by atoms with Crippen LogP contribution in [-0.4, -0.2) is 18.3 Å². The van der Waals surface area contributed by atoms with Crippen molar-refractivity contribution in [3.05, 3.63) is 29.3 Å². The van der Waals surface area contributed by atoms with E-state index in [1.807, 2.05) is 30.0 Å². The minimum Gasteiger partial charge on any atom is -0.313 e. The monoisotopic (exact) mass is 271 g/mol. The lowest BCUT2D eigenvalue weighted by Crippen LogP contribution is -2.42. The topological polar surface area (TPSA) is 12.0 Å². The summed E-state index contributed by atoms with van der Waals surface area (Å²) in [6.45, 7) is 9.97. The molecule has 1 unspecified atom stereocenters. The first-order valence-corrected chi connectivity index (χ1v) is 7.42. The van der Waals surface area contributed by atoms with Crippen molar-refractivity contribution in [3.8, 4) is 0 Å². The van der Waals surface area contributed by atoms with E-state index < -0.39 is 0 Å². The Morgan fingerprint density at radius 3 is 2.47 bits per heavy atom. The highest BCUT2D eigenvalue weighted by atomic mass is 35.5. The summed E-state index contributed by atoms with van der Waals surface area (Å²) in [5, 5.41) is 4.40. The molecule has 1 N–H and O–H groups in total. The van der Waals surface area contributed by atoms with E-state index in [-0.39, 0.29) is 5.41 Å². The predicted molar refractivity (Wildman–Crippen MR) is 79.1 cm³/mol. The fourth-order valence-corrected chi connectivity index (χ4v) is 3.24. The number of thioether (sulfide) groups is 1. The van der Waals surface area contributed by atoms with Crippen LogP contribution in [0, 0.1) is 5.41 Å². The van der Waals surface area contributed by atoms with Gasteiger partial charge in [0.25, 0.3) is 0 Å². The first kappa shape index (κ1) is 14.9. The van der Waals surface area contributed by atoms with Crippen LogP contribution in [0.25, 0.3) is 0 Å². The molecule has 17 heavy (non-hydrogen) atoms. The minimum absolute atomic E-state index is 0.268. The molecule has 1 aromatic rings. The van der Waals surface area contributed by atoms with Crippen molar-refractivity contribution in [3.63, 3.8) is 0 Å². The summed E-state index contributed by atoms with van der Waals surface area (Å²) in [5.41, 5.74) is 0.268. The molecule has 1 aromatic carbocycles. The molecule has 3 heteroatoms. The third kappa shape index (κ3) is 4.90. The summed E-state index contributed by atoms with van der Waals surface area (Å²) in [6.07, 6.45) is 0. The van der Waals surface area contributed by atoms with E-state index >= 15 is 0 Å². The van der Waals surface area contributed by atoms with Crippen molar-refractivity contribution in [2.75, 3.05) is 12.3 Å². The Balaban J connectivity index is 2.61. The second kappa shape index (κ2) is 6.67. The first-order valence-electron chi connectivity index (χ1n) is 6.06. The molecule has 0 aliphatic rings. The van der Waals surface area contributed by atoms with Crippen LogP contribution in [0.15, 0.2) is 29.2 Å². The summed E-state index contributed by atoms with van der Waals surface area (Å²) >= 11 is 7.99. The van der Waals surface area contributed by atoms with Crippen LogP contribution in [0.1, 0.15) is 27.7 Å². The largest absolute Gasteiger partial charge is 0.313 e. The van der Waals surface area contributed by atoms with Crippen LogP contribution in [-0.2, 0) is 0 Å². The van der Waals surface area contributed by atoms with Crippen molar-refractivity contribution in [1.82, 2.24) is 5.32 Å². The van der Waals surface area contributed by atoms with E-state index in [1.165, 1.54) is 4.90 Å². The van der Waals surface area contributed by atoms with E-state index in [9.17, 15) is 0 Å². The number of hydrogen-bond acceptors (Lipinski definition) is 2. The molecule has 0 amide bonds. The molecule has 0 fully saturated rings. The summed E-state index contributed by atoms with van der Waals surface area (Å²) in [5.74, 6) is 1.04. The third-order valence-electron chi connectivity index (χ3n) is 2.74. The molecule has 0 aliphatic carbocycles. The van der Waals surface area contributed by atoms with Crippen molar-refractivity contribution < 1.29 is 0 Å². The fourth-order valence-electron chi connectivity index (χ4n) is 1.60. The van der Waals surface area contributed by atoms with Crippen molar-refractivity contribution in [2.24, 2.45) is 5.41 Å². The molecule has 0 saturated carbocycles. The van der Waals surface area contributed by atoms with Gasteiger partial charge in [-0.3, -0.25) is 0 Å². The summed E-state index contributed by atoms with van der Waals surface area (Å²) in [4.78, 5) is 1.17. The molecule has 0 aromatic heterocycles. The quantitative estimate of drug-likeness (QED) is 0.794. The molecule has 0 heterocycles. The van der Waals surface area contributed by atoms with Gasteiger partial charge in [-0.2, -0.15) is 0 Å². The Morgan fingerprint density at radius 2 is 1.94 bits per heavy atom. The molecule has 0 saturated heterocycles. The molecule has 0 spiro atoms. The summed E-state index contributed by atoms with van der Waals surface area (Å²) < 4.78 is 0. The predicted octanol–water partition coefficient (Wildman–Crippen LogP) is 4.46. The normalized spacial score (nSPS) is 13.7. The smallest absolute Gasteiger partial charge is 0.0541 e. The molecular formula is C14H22ClNS. The van der Waals surface area contributed by atoms with Gasteiger partial charge in [-0.25, -0.2) is 0 Å². The number of benzene rings is 1. The average Bonchev–Trinajstić information content (AvgIpc) is 2.24. The zero-order valence-corrected chi connectivity index (χ0v) is 12.7. The van der Waals surface area contributed by atoms with Gasteiger partial charge in [0.1, 0.15) is 0 Å². The van der Waals surface area contributed by atoms with Crippen LogP contribution in [0.3, 0.4) is 0 Å². The maximum atomic E-state index is 6.16. The maximum Gasteiger partial charge on any atom is 0.0541 e. The highest BCUT2D eigenvalue weighted by molar-refractivity contribution is 7.99. The van der Waals surface area contributed by atoms with Gasteiger partial charge in [0.15, 0.2) is 0 Å². The lowest BCUT2D eigenvalue weighted by Gasteiger charge is -2.31. The van der Waals surface area contributed by atoms with Crippen LogP contribution in [0.5, 0.6) is 0 Å². The summed E-state index contributed by atoms with van der Waals surface area (Å²) in [6, 6.07) is 8.53. The number of hydrogen-bond donors (Lipinski definition) is 1. The van der Waals surface area contributed by atoms with Gasteiger partial charge < -0.3 is 5.32 Å². The first-order chi connectivity index (χ1) is 7.95. The second-order valence-electron chi connectivity index (χ2n) is 5.22. The van der Waals surface area contributed by atoms with E-state index in [4.69, 9.17) is 11.6 Å². The Labute approximate surface area is 114 Å². The van der Waals surface area contributed by atoms with E-state index in [0.717, 1.165) is 17.3 Å². The molecule has 0 aliphatic heterocycles. The highest BCUT2D eigenvalue weighted by Gasteiger charge is 2.23. The van der Waals surface area contributed by atoms with Crippen LogP contribution < -0.4 is 5.32 Å². The third-order valence-corrected chi connectivity index (χ3v) is 4.35. The second-order valence-corrected chi connectivity index (χ2v) is 6.69. The van der Waals surface area contributed by atoms with Gasteiger partial charge in [0.2, 0.25) is 0 Å². The Morgan fingerprint density at radius 1 is 1.29 bits per heavy atom. The molecule has 96 valence electrons. The van der Waals surface area contributed by atoms with E-state index in [1.54, 1.807) is 0 Å². The van der Waals surface area contributed by atoms with Crippen molar-refractivity contribution in [2.45, 2.75) is 38.6 Å². The Kier molecular flexibility index (Phi) is 5.84. The highest BCUT2D eigenvalue weighted by Crippen LogP contribution is 2.30. The Hall–Kier alpha value is -0.180. The lowest BCUT2D eigenvalue weighted by atomic mass is 9.88. The molecule has 1 nitrogen and oxygen atoms in total. The van der Waals surface area contributed by atoms with Crippen molar-refractivity contribution >= 4 is 23.4 Å². The Bertz CT molecular complexity index is 346. The van der Waals surface area contributed by atoms with E-state index in [0.29, 0.717) is 6.04 Å². The van der Waals surface area contributed by atoms with Crippen LogP contribution in [0.4, 0.5) is 0 Å². The molecule has 0 radical (unpaired) electrons. The molecular weight excluding hydrogens is 250 g/mol. The minimum atomic E-state index is 0.268. The lowest BCUT2D eigenvalue weighted by molar-refractivity contribution is 0.295. The molecule has 0 bridgehead atoms. The molecule has 1 rings (SSSR count). The number of rotatable bonds is 5. The van der Waals surface area contributed by atoms with Crippen molar-refractivity contribution in [1.29, 1.82) is 0 Å². The average molecular weight is 272 g/mol. The standard InChI is InChI=1S/C14H22ClNS/c1-5-16-13(14(2,3)4)10-17-12-9-7-6-8-11(12)15/h6-9,13,16H,5,10H2,1-4H3. The van der Waals surface area contributed by atoms with Gasteiger partial charge in [-0.05, 0) is 24.1 Å². The van der Waals surface area contributed by atoms with Gasteiger partial charge in [-0.1, -0.05) is 51.4 Å². The van der Waals surface area contributed by atoms with Gasteiger partial charge in [0.05, 0.1) is 5.02 Å². The van der Waals surface area contributed by atoms with Crippen LogP contribution in [0.2, 0.25) is 5.02 Å². The zero-order chi connectivity index (χ0) is 12.9. The van der Waals surface area contributed by atoms with Crippen LogP contribution >= 0.6 is 23.4 Å². The van der Waals surface area contributed by atoms with Gasteiger partial charge in [-0.15, -0.1) is 11.8 Å². The zero-order valence-electron chi connectivity index (χ0n) is 11.1. The molecule has 1 atom stereocenters. The van der Waals surface area contributed by atoms with Gasteiger partial charge in [0, 0.05) is 16.7 Å². The SMILES string of the molecule is CCNC(CSc1ccccc1Cl)C(C)(C)C. The fraction of sp³-hybridized carbons (Fsp3) is 0.571.